The molecule has 0 radical (unpaired) electrons. The van der Waals surface area contributed by atoms with Crippen LogP contribution in [0.4, 0.5) is 5.69 Å². The second-order valence-electron chi connectivity index (χ2n) is 4.54. The summed E-state index contributed by atoms with van der Waals surface area (Å²) in [6.45, 7) is 3.80. The molecule has 18 heavy (non-hydrogen) atoms. The normalized spacial score (nSPS) is 19.0. The summed E-state index contributed by atoms with van der Waals surface area (Å²) in [5, 5.41) is 9.49. The smallest absolute Gasteiger partial charge is 0.310 e. The Morgan fingerprint density at radius 1 is 1.44 bits per heavy atom. The molecule has 1 aliphatic heterocycles. The summed E-state index contributed by atoms with van der Waals surface area (Å²) in [7, 11) is 0. The van der Waals surface area contributed by atoms with Gasteiger partial charge >= 0.3 is 5.97 Å². The van der Waals surface area contributed by atoms with Gasteiger partial charge in [-0.05, 0) is 31.0 Å². The maximum absolute atomic E-state index is 11.3. The molecule has 1 unspecified atom stereocenters. The van der Waals surface area contributed by atoms with E-state index in [1.165, 1.54) is 0 Å². The van der Waals surface area contributed by atoms with Gasteiger partial charge in [-0.2, -0.15) is 0 Å². The second-order valence-corrected chi connectivity index (χ2v) is 4.54. The summed E-state index contributed by atoms with van der Waals surface area (Å²) in [6.07, 6.45) is 0.922. The molecule has 0 amide bonds. The van der Waals surface area contributed by atoms with E-state index in [4.69, 9.17) is 4.74 Å². The summed E-state index contributed by atoms with van der Waals surface area (Å²) in [5.74, 6) is -0.193. The van der Waals surface area contributed by atoms with Gasteiger partial charge < -0.3 is 14.7 Å². The number of carbonyl (C=O) groups excluding carboxylic acids is 1. The van der Waals surface area contributed by atoms with Crippen LogP contribution < -0.4 is 4.90 Å². The lowest BCUT2D eigenvalue weighted by Crippen LogP contribution is -2.21. The molecule has 0 bridgehead atoms. The van der Waals surface area contributed by atoms with Crippen molar-refractivity contribution in [3.8, 4) is 0 Å². The molecule has 0 saturated carbocycles. The van der Waals surface area contributed by atoms with Crippen LogP contribution in [0.15, 0.2) is 24.3 Å². The highest BCUT2D eigenvalue weighted by Crippen LogP contribution is 2.20. The number of β-amino-alcohol motifs (C(OH)–C–C–N with tert-alkyl or cyclic N) is 1. The lowest BCUT2D eigenvalue weighted by atomic mass is 10.1. The predicted octanol–water partition coefficient (Wildman–Crippen LogP) is 1.36. The van der Waals surface area contributed by atoms with Crippen molar-refractivity contribution < 1.29 is 14.6 Å². The van der Waals surface area contributed by atoms with Crippen molar-refractivity contribution >= 4 is 11.7 Å². The minimum absolute atomic E-state index is 0.193. The van der Waals surface area contributed by atoms with Gasteiger partial charge in [0.2, 0.25) is 0 Å². The van der Waals surface area contributed by atoms with Crippen LogP contribution in [0.2, 0.25) is 0 Å². The van der Waals surface area contributed by atoms with E-state index in [9.17, 15) is 9.90 Å². The molecular weight excluding hydrogens is 230 g/mol. The van der Waals surface area contributed by atoms with Gasteiger partial charge in [0.05, 0.1) is 19.1 Å². The molecule has 1 aliphatic rings. The van der Waals surface area contributed by atoms with Crippen LogP contribution in [0.5, 0.6) is 0 Å². The molecule has 1 fully saturated rings. The average Bonchev–Trinajstić information content (AvgIpc) is 2.77. The number of benzene rings is 1. The van der Waals surface area contributed by atoms with E-state index in [-0.39, 0.29) is 12.1 Å². The van der Waals surface area contributed by atoms with Gasteiger partial charge in [0.1, 0.15) is 0 Å². The highest BCUT2D eigenvalue weighted by Gasteiger charge is 2.20. The maximum Gasteiger partial charge on any atom is 0.310 e. The summed E-state index contributed by atoms with van der Waals surface area (Å²) in [4.78, 5) is 13.5. The van der Waals surface area contributed by atoms with E-state index >= 15 is 0 Å². The number of hydrogen-bond donors (Lipinski definition) is 1. The number of hydrogen-bond acceptors (Lipinski definition) is 4. The fourth-order valence-electron chi connectivity index (χ4n) is 2.18. The Morgan fingerprint density at radius 2 is 2.17 bits per heavy atom. The molecule has 1 N–H and O–H groups in total. The quantitative estimate of drug-likeness (QED) is 0.819. The molecule has 2 rings (SSSR count). The predicted molar refractivity (Wildman–Crippen MR) is 69.6 cm³/mol. The van der Waals surface area contributed by atoms with Crippen molar-refractivity contribution in [2.24, 2.45) is 0 Å². The number of rotatable bonds is 4. The zero-order chi connectivity index (χ0) is 13.0. The van der Waals surface area contributed by atoms with Crippen molar-refractivity contribution in [3.05, 3.63) is 29.8 Å². The Kier molecular flexibility index (Phi) is 4.20. The number of ether oxygens (including phenoxy) is 1. The minimum atomic E-state index is -0.218. The van der Waals surface area contributed by atoms with Crippen molar-refractivity contribution in [1.82, 2.24) is 0 Å². The van der Waals surface area contributed by atoms with Gasteiger partial charge in [0.25, 0.3) is 0 Å². The molecule has 0 spiro atoms. The van der Waals surface area contributed by atoms with Crippen LogP contribution in [-0.2, 0) is 16.0 Å². The first-order chi connectivity index (χ1) is 8.69. The van der Waals surface area contributed by atoms with Gasteiger partial charge in [0, 0.05) is 18.8 Å². The number of carbonyl (C=O) groups is 1. The first-order valence-corrected chi connectivity index (χ1v) is 6.36. The first kappa shape index (κ1) is 12.9. The molecule has 1 aromatic carbocycles. The van der Waals surface area contributed by atoms with Gasteiger partial charge in [-0.15, -0.1) is 0 Å². The summed E-state index contributed by atoms with van der Waals surface area (Å²) in [5.41, 5.74) is 2.05. The molecule has 0 aromatic heterocycles. The van der Waals surface area contributed by atoms with E-state index in [1.54, 1.807) is 6.92 Å². The Morgan fingerprint density at radius 3 is 2.72 bits per heavy atom. The van der Waals surface area contributed by atoms with Gasteiger partial charge in [-0.3, -0.25) is 4.79 Å². The molecule has 98 valence electrons. The average molecular weight is 249 g/mol. The SMILES string of the molecule is CCOC(=O)Cc1ccc(N2CCC(O)C2)cc1. The zero-order valence-corrected chi connectivity index (χ0v) is 10.6. The number of aliphatic hydroxyl groups is 1. The maximum atomic E-state index is 11.3. The summed E-state index contributed by atoms with van der Waals surface area (Å²) >= 11 is 0. The molecule has 4 nitrogen and oxygen atoms in total. The third-order valence-electron chi connectivity index (χ3n) is 3.12. The number of nitrogens with zero attached hydrogens (tertiary/aromatic N) is 1. The Labute approximate surface area is 107 Å². The van der Waals surface area contributed by atoms with Crippen molar-refractivity contribution in [2.45, 2.75) is 25.9 Å². The molecule has 1 atom stereocenters. The summed E-state index contributed by atoms with van der Waals surface area (Å²) in [6, 6.07) is 7.87. The molecule has 4 heteroatoms. The minimum Gasteiger partial charge on any atom is -0.466 e. The van der Waals surface area contributed by atoms with Crippen molar-refractivity contribution in [1.29, 1.82) is 0 Å². The highest BCUT2D eigenvalue weighted by atomic mass is 16.5. The van der Waals surface area contributed by atoms with Crippen LogP contribution in [0, 0.1) is 0 Å². The van der Waals surface area contributed by atoms with Gasteiger partial charge in [0.15, 0.2) is 0 Å². The van der Waals surface area contributed by atoms with Crippen LogP contribution in [0.25, 0.3) is 0 Å². The largest absolute Gasteiger partial charge is 0.466 e. The van der Waals surface area contributed by atoms with E-state index < -0.39 is 0 Å². The molecule has 1 aromatic rings. The third-order valence-corrected chi connectivity index (χ3v) is 3.12. The Bertz CT molecular complexity index is 402. The van der Waals surface area contributed by atoms with E-state index in [1.807, 2.05) is 24.3 Å². The van der Waals surface area contributed by atoms with Gasteiger partial charge in [-0.25, -0.2) is 0 Å². The number of anilines is 1. The lowest BCUT2D eigenvalue weighted by molar-refractivity contribution is -0.142. The van der Waals surface area contributed by atoms with Crippen molar-refractivity contribution in [2.75, 3.05) is 24.6 Å². The van der Waals surface area contributed by atoms with Crippen molar-refractivity contribution in [3.63, 3.8) is 0 Å². The molecule has 1 heterocycles. The van der Waals surface area contributed by atoms with Crippen LogP contribution >= 0.6 is 0 Å². The fraction of sp³-hybridized carbons (Fsp3) is 0.500. The molecule has 0 aliphatic carbocycles. The number of esters is 1. The Balaban J connectivity index is 1.95. The van der Waals surface area contributed by atoms with Crippen LogP contribution in [-0.4, -0.2) is 36.9 Å². The second kappa shape index (κ2) is 5.87. The van der Waals surface area contributed by atoms with Gasteiger partial charge in [-0.1, -0.05) is 12.1 Å². The number of aliphatic hydroxyl groups excluding tert-OH is 1. The highest BCUT2D eigenvalue weighted by molar-refractivity contribution is 5.72. The van der Waals surface area contributed by atoms with Crippen LogP contribution in [0.3, 0.4) is 0 Å². The molecule has 1 saturated heterocycles. The zero-order valence-electron chi connectivity index (χ0n) is 10.6. The molecular formula is C14H19NO3. The first-order valence-electron chi connectivity index (χ1n) is 6.36. The van der Waals surface area contributed by atoms with E-state index in [2.05, 4.69) is 4.90 Å². The third kappa shape index (κ3) is 3.23. The van der Waals surface area contributed by atoms with Crippen LogP contribution in [0.1, 0.15) is 18.9 Å². The monoisotopic (exact) mass is 249 g/mol. The standard InChI is InChI=1S/C14H19NO3/c1-2-18-14(17)9-11-3-5-12(6-4-11)15-8-7-13(16)10-15/h3-6,13,16H,2,7-10H2,1H3. The van der Waals surface area contributed by atoms with E-state index in [0.29, 0.717) is 19.6 Å². The fourth-order valence-corrected chi connectivity index (χ4v) is 2.18. The Hall–Kier alpha value is -1.55. The topological polar surface area (TPSA) is 49.8 Å². The summed E-state index contributed by atoms with van der Waals surface area (Å²) < 4.78 is 4.91. The van der Waals surface area contributed by atoms with E-state index in [0.717, 1.165) is 24.2 Å². The lowest BCUT2D eigenvalue weighted by Gasteiger charge is -2.17.